The van der Waals surface area contributed by atoms with Gasteiger partial charge in [0, 0.05) is 26.3 Å². The minimum atomic E-state index is -0.775. The number of nitrogens with one attached hydrogen (secondary N) is 1. The van der Waals surface area contributed by atoms with Crippen molar-refractivity contribution in [2.45, 2.75) is 180 Å². The van der Waals surface area contributed by atoms with E-state index >= 15 is 0 Å². The van der Waals surface area contributed by atoms with Crippen LogP contribution in [0.5, 0.6) is 0 Å². The molecule has 1 atom stereocenters. The van der Waals surface area contributed by atoms with Crippen LogP contribution in [-0.4, -0.2) is 48.8 Å². The lowest BCUT2D eigenvalue weighted by atomic mass is 10.0. The number of rotatable bonds is 31. The lowest BCUT2D eigenvalue weighted by Crippen LogP contribution is -2.28. The maximum atomic E-state index is 12.1. The van der Waals surface area contributed by atoms with Gasteiger partial charge in [-0.2, -0.15) is 0 Å². The molecule has 0 aliphatic heterocycles. The van der Waals surface area contributed by atoms with Crippen LogP contribution in [0, 0.1) is 0 Å². The third-order valence-electron chi connectivity index (χ3n) is 7.60. The zero-order valence-corrected chi connectivity index (χ0v) is 26.9. The van der Waals surface area contributed by atoms with Crippen LogP contribution in [0.1, 0.15) is 174 Å². The van der Waals surface area contributed by atoms with E-state index < -0.39 is 6.10 Å². The van der Waals surface area contributed by atoms with Crippen molar-refractivity contribution in [3.63, 3.8) is 0 Å². The Morgan fingerprint density at radius 2 is 0.976 bits per heavy atom. The first-order chi connectivity index (χ1) is 20.0. The number of hydrogen-bond donors (Lipinski definition) is 2. The number of carbonyl (C=O) groups is 3. The SMILES string of the molecule is CCCCCCCCCCCCCC(=O)O[C@H](CO)COC(=O)CCCCCCCCCCCCCCNC(C)=O. The number of ether oxygens (including phenoxy) is 2. The number of hydrogen-bond acceptors (Lipinski definition) is 6. The average Bonchev–Trinajstić information content (AvgIpc) is 2.95. The van der Waals surface area contributed by atoms with Gasteiger partial charge in [-0.25, -0.2) is 0 Å². The van der Waals surface area contributed by atoms with Crippen LogP contribution < -0.4 is 5.32 Å². The van der Waals surface area contributed by atoms with Crippen molar-refractivity contribution in [1.29, 1.82) is 0 Å². The molecule has 0 heterocycles. The highest BCUT2D eigenvalue weighted by molar-refractivity contribution is 5.72. The largest absolute Gasteiger partial charge is 0.462 e. The molecule has 0 radical (unpaired) electrons. The lowest BCUT2D eigenvalue weighted by Gasteiger charge is -2.15. The van der Waals surface area contributed by atoms with E-state index in [1.807, 2.05) is 0 Å². The highest BCUT2D eigenvalue weighted by Crippen LogP contribution is 2.14. The fraction of sp³-hybridized carbons (Fsp3) is 0.912. The van der Waals surface area contributed by atoms with Gasteiger partial charge in [0.1, 0.15) is 6.61 Å². The first-order valence-electron chi connectivity index (χ1n) is 17.2. The molecule has 41 heavy (non-hydrogen) atoms. The first kappa shape index (κ1) is 39.4. The van der Waals surface area contributed by atoms with Crippen LogP contribution in [0.2, 0.25) is 0 Å². The number of aliphatic hydroxyl groups excluding tert-OH is 1. The molecule has 7 nitrogen and oxygen atoms in total. The zero-order chi connectivity index (χ0) is 30.2. The van der Waals surface area contributed by atoms with Crippen molar-refractivity contribution in [3.05, 3.63) is 0 Å². The molecule has 0 spiro atoms. The molecule has 2 N–H and O–H groups in total. The minimum absolute atomic E-state index is 0.0561. The number of unbranched alkanes of at least 4 members (excludes halogenated alkanes) is 21. The minimum Gasteiger partial charge on any atom is -0.462 e. The zero-order valence-electron chi connectivity index (χ0n) is 26.9. The van der Waals surface area contributed by atoms with E-state index in [4.69, 9.17) is 9.47 Å². The van der Waals surface area contributed by atoms with E-state index in [2.05, 4.69) is 12.2 Å². The van der Waals surface area contributed by atoms with Crippen molar-refractivity contribution in [3.8, 4) is 0 Å². The standard InChI is InChI=1S/C34H65NO6/c1-3-4-5-6-7-8-11-15-18-21-24-27-34(39)41-32(29-36)30-40-33(38)26-23-20-17-14-12-9-10-13-16-19-22-25-28-35-31(2)37/h32,36H,3-30H2,1-2H3,(H,35,37)/t32-/m1/s1. The summed E-state index contributed by atoms with van der Waals surface area (Å²) in [4.78, 5) is 34.9. The number of amides is 1. The summed E-state index contributed by atoms with van der Waals surface area (Å²) < 4.78 is 10.5. The summed E-state index contributed by atoms with van der Waals surface area (Å²) in [6.07, 6.45) is 27.5. The Bertz CT molecular complexity index is 612. The van der Waals surface area contributed by atoms with E-state index in [1.54, 1.807) is 6.92 Å². The number of esters is 2. The molecular formula is C34H65NO6. The third kappa shape index (κ3) is 31.1. The average molecular weight is 584 g/mol. The van der Waals surface area contributed by atoms with E-state index in [0.29, 0.717) is 12.8 Å². The number of carbonyl (C=O) groups excluding carboxylic acids is 3. The van der Waals surface area contributed by atoms with Crippen LogP contribution in [-0.2, 0) is 23.9 Å². The van der Waals surface area contributed by atoms with E-state index in [1.165, 1.54) is 103 Å². The van der Waals surface area contributed by atoms with Crippen molar-refractivity contribution in [2.24, 2.45) is 0 Å². The molecule has 0 saturated heterocycles. The Kier molecular flexibility index (Phi) is 30.1. The maximum Gasteiger partial charge on any atom is 0.306 e. The molecule has 0 aromatic rings. The second-order valence-corrected chi connectivity index (χ2v) is 11.7. The predicted molar refractivity (Wildman–Crippen MR) is 168 cm³/mol. The van der Waals surface area contributed by atoms with Gasteiger partial charge in [0.2, 0.25) is 5.91 Å². The Morgan fingerprint density at radius 3 is 1.39 bits per heavy atom. The van der Waals surface area contributed by atoms with Gasteiger partial charge in [-0.15, -0.1) is 0 Å². The Hall–Kier alpha value is -1.63. The second kappa shape index (κ2) is 31.3. The molecule has 0 aliphatic carbocycles. The molecule has 0 unspecified atom stereocenters. The summed E-state index contributed by atoms with van der Waals surface area (Å²) in [5.74, 6) is -0.558. The molecule has 7 heteroatoms. The summed E-state index contributed by atoms with van der Waals surface area (Å²) in [5, 5.41) is 12.3. The Labute approximate surface area is 252 Å². The molecule has 0 rings (SSSR count). The van der Waals surface area contributed by atoms with Crippen molar-refractivity contribution >= 4 is 17.8 Å². The molecule has 0 aromatic heterocycles. The highest BCUT2D eigenvalue weighted by Gasteiger charge is 2.16. The third-order valence-corrected chi connectivity index (χ3v) is 7.60. The number of aliphatic hydroxyl groups is 1. The lowest BCUT2D eigenvalue weighted by molar-refractivity contribution is -0.161. The molecule has 0 bridgehead atoms. The quantitative estimate of drug-likeness (QED) is 0.0628. The van der Waals surface area contributed by atoms with Gasteiger partial charge in [-0.1, -0.05) is 135 Å². The molecule has 1 amide bonds. The van der Waals surface area contributed by atoms with Crippen LogP contribution in [0.25, 0.3) is 0 Å². The van der Waals surface area contributed by atoms with Crippen molar-refractivity contribution in [1.82, 2.24) is 5.32 Å². The van der Waals surface area contributed by atoms with Gasteiger partial charge < -0.3 is 19.9 Å². The summed E-state index contributed by atoms with van der Waals surface area (Å²) in [5.41, 5.74) is 0. The van der Waals surface area contributed by atoms with Gasteiger partial charge >= 0.3 is 11.9 Å². The Morgan fingerprint density at radius 1 is 0.585 bits per heavy atom. The van der Waals surface area contributed by atoms with Gasteiger partial charge in [0.05, 0.1) is 6.61 Å². The normalized spacial score (nSPS) is 11.8. The predicted octanol–water partition coefficient (Wildman–Crippen LogP) is 8.34. The molecule has 242 valence electrons. The molecule has 0 fully saturated rings. The topological polar surface area (TPSA) is 102 Å². The van der Waals surface area contributed by atoms with Crippen molar-refractivity contribution in [2.75, 3.05) is 19.8 Å². The fourth-order valence-corrected chi connectivity index (χ4v) is 4.99. The maximum absolute atomic E-state index is 12.1. The van der Waals surface area contributed by atoms with E-state index in [-0.39, 0.29) is 31.1 Å². The van der Waals surface area contributed by atoms with E-state index in [9.17, 15) is 19.5 Å². The van der Waals surface area contributed by atoms with Crippen LogP contribution in [0.15, 0.2) is 0 Å². The summed E-state index contributed by atoms with van der Waals surface area (Å²) in [6, 6.07) is 0. The summed E-state index contributed by atoms with van der Waals surface area (Å²) >= 11 is 0. The van der Waals surface area contributed by atoms with E-state index in [0.717, 1.165) is 51.5 Å². The monoisotopic (exact) mass is 583 g/mol. The van der Waals surface area contributed by atoms with Crippen molar-refractivity contribution < 1.29 is 29.0 Å². The van der Waals surface area contributed by atoms with Gasteiger partial charge in [-0.3, -0.25) is 14.4 Å². The van der Waals surface area contributed by atoms with Gasteiger partial charge in [-0.05, 0) is 19.3 Å². The van der Waals surface area contributed by atoms with Gasteiger partial charge in [0.15, 0.2) is 6.10 Å². The Balaban J connectivity index is 3.52. The molecule has 0 aromatic carbocycles. The second-order valence-electron chi connectivity index (χ2n) is 11.7. The first-order valence-corrected chi connectivity index (χ1v) is 17.2. The fourth-order valence-electron chi connectivity index (χ4n) is 4.99. The van der Waals surface area contributed by atoms with Crippen LogP contribution in [0.4, 0.5) is 0 Å². The summed E-state index contributed by atoms with van der Waals surface area (Å²) in [7, 11) is 0. The molecule has 0 saturated carbocycles. The van der Waals surface area contributed by atoms with Crippen LogP contribution >= 0.6 is 0 Å². The molecular weight excluding hydrogens is 518 g/mol. The van der Waals surface area contributed by atoms with Crippen LogP contribution in [0.3, 0.4) is 0 Å². The smallest absolute Gasteiger partial charge is 0.306 e. The summed E-state index contributed by atoms with van der Waals surface area (Å²) in [6.45, 7) is 4.19. The van der Waals surface area contributed by atoms with Gasteiger partial charge in [0.25, 0.3) is 0 Å². The molecule has 0 aliphatic rings. The highest BCUT2D eigenvalue weighted by atomic mass is 16.6.